The van der Waals surface area contributed by atoms with E-state index >= 15 is 0 Å². The van der Waals surface area contributed by atoms with Crippen LogP contribution in [0.3, 0.4) is 0 Å². The number of rotatable bonds is 4. The summed E-state index contributed by atoms with van der Waals surface area (Å²) in [5.41, 5.74) is 14.0. The van der Waals surface area contributed by atoms with E-state index in [9.17, 15) is 0 Å². The van der Waals surface area contributed by atoms with Crippen molar-refractivity contribution in [2.24, 2.45) is 23.7 Å². The first-order valence-corrected chi connectivity index (χ1v) is 19.3. The van der Waals surface area contributed by atoms with Crippen LogP contribution in [0.15, 0.2) is 156 Å². The molecule has 0 N–H and O–H groups in total. The van der Waals surface area contributed by atoms with Crippen LogP contribution in [0, 0.1) is 23.7 Å². The molecule has 52 heavy (non-hydrogen) atoms. The average molecular weight is 670 g/mol. The van der Waals surface area contributed by atoms with Gasteiger partial charge < -0.3 is 9.32 Å². The van der Waals surface area contributed by atoms with Crippen LogP contribution in [-0.2, 0) is 5.41 Å². The molecule has 2 nitrogen and oxygen atoms in total. The fourth-order valence-corrected chi connectivity index (χ4v) is 11.8. The molecule has 7 aromatic carbocycles. The number of anilines is 3. The SMILES string of the molecule is c1ccc2c(c1)-c1ccc(N(c3ccc(-c4cccc5c4oc4ccccc45)cc3)c3ccc4ccccc4c3)cc1C21C2CC3CC(C2)CC1C3. The van der Waals surface area contributed by atoms with Crippen LogP contribution in [0.25, 0.3) is 55.0 Å². The van der Waals surface area contributed by atoms with E-state index in [0.717, 1.165) is 62.4 Å². The van der Waals surface area contributed by atoms with Gasteiger partial charge in [0.15, 0.2) is 0 Å². The fraction of sp³-hybridized carbons (Fsp3) is 0.200. The monoisotopic (exact) mass is 669 g/mol. The van der Waals surface area contributed by atoms with Gasteiger partial charge in [-0.2, -0.15) is 0 Å². The first-order valence-electron chi connectivity index (χ1n) is 19.3. The molecule has 8 aromatic rings. The first-order chi connectivity index (χ1) is 25.7. The summed E-state index contributed by atoms with van der Waals surface area (Å²) in [7, 11) is 0. The lowest BCUT2D eigenvalue weighted by molar-refractivity contribution is -0.0399. The van der Waals surface area contributed by atoms with Crippen molar-refractivity contribution in [1.82, 2.24) is 0 Å². The average Bonchev–Trinajstić information content (AvgIpc) is 3.71. The number of furan rings is 1. The van der Waals surface area contributed by atoms with Gasteiger partial charge in [0.05, 0.1) is 0 Å². The Morgan fingerprint density at radius 3 is 1.94 bits per heavy atom. The molecule has 1 aromatic heterocycles. The summed E-state index contributed by atoms with van der Waals surface area (Å²) in [5, 5.41) is 4.84. The van der Waals surface area contributed by atoms with Gasteiger partial charge in [0.2, 0.25) is 0 Å². The second-order valence-corrected chi connectivity index (χ2v) is 16.1. The number of benzene rings is 7. The maximum absolute atomic E-state index is 6.45. The van der Waals surface area contributed by atoms with Crippen molar-refractivity contribution in [1.29, 1.82) is 0 Å². The maximum atomic E-state index is 6.45. The fourth-order valence-electron chi connectivity index (χ4n) is 11.8. The van der Waals surface area contributed by atoms with E-state index in [1.165, 1.54) is 65.4 Å². The molecule has 0 radical (unpaired) electrons. The number of hydrogen-bond donors (Lipinski definition) is 0. The van der Waals surface area contributed by atoms with E-state index in [1.807, 2.05) is 6.07 Å². The van der Waals surface area contributed by atoms with E-state index in [1.54, 1.807) is 11.1 Å². The highest BCUT2D eigenvalue weighted by Gasteiger charge is 2.61. The van der Waals surface area contributed by atoms with E-state index in [0.29, 0.717) is 0 Å². The Kier molecular flexibility index (Phi) is 5.98. The second-order valence-electron chi connectivity index (χ2n) is 16.1. The predicted molar refractivity (Wildman–Crippen MR) is 215 cm³/mol. The highest BCUT2D eigenvalue weighted by molar-refractivity contribution is 6.09. The molecule has 1 heterocycles. The van der Waals surface area contributed by atoms with Gasteiger partial charge in [0.1, 0.15) is 11.2 Å². The van der Waals surface area contributed by atoms with Crippen LogP contribution in [0.2, 0.25) is 0 Å². The second kappa shape index (κ2) is 10.7. The number of para-hydroxylation sites is 2. The molecule has 0 unspecified atom stereocenters. The number of nitrogens with zero attached hydrogens (tertiary/aromatic N) is 1. The Labute approximate surface area is 304 Å². The standard InChI is InChI=1S/C50H39NO/c1-2-9-35-29-39(21-16-33(35)8-1)51(38-19-17-34(18-20-38)41-12-7-13-45-44-11-4-6-15-48(44)52-49(41)45)40-22-23-43-42-10-3-5-14-46(42)50(47(43)30-40)36-25-31-24-32(27-36)28-37(50)26-31/h1-23,29-32,36-37H,24-28H2. The summed E-state index contributed by atoms with van der Waals surface area (Å²) in [6.45, 7) is 0. The number of fused-ring (bicyclic) bond motifs is 7. The summed E-state index contributed by atoms with van der Waals surface area (Å²) in [6.07, 6.45) is 7.02. The van der Waals surface area contributed by atoms with Crippen LogP contribution >= 0.6 is 0 Å². The molecule has 5 aliphatic carbocycles. The molecule has 13 rings (SSSR count). The van der Waals surface area contributed by atoms with Crippen molar-refractivity contribution in [3.8, 4) is 22.3 Å². The van der Waals surface area contributed by atoms with E-state index in [2.05, 4.69) is 150 Å². The summed E-state index contributed by atoms with van der Waals surface area (Å²) < 4.78 is 6.45. The lowest BCUT2D eigenvalue weighted by Crippen LogP contribution is -2.55. The van der Waals surface area contributed by atoms with Gasteiger partial charge in [0, 0.05) is 38.8 Å². The normalized spacial score (nSPS) is 23.8. The van der Waals surface area contributed by atoms with Crippen molar-refractivity contribution in [2.75, 3.05) is 4.90 Å². The minimum Gasteiger partial charge on any atom is -0.455 e. The van der Waals surface area contributed by atoms with Crippen LogP contribution in [0.4, 0.5) is 17.1 Å². The molecule has 4 bridgehead atoms. The number of hydrogen-bond acceptors (Lipinski definition) is 2. The van der Waals surface area contributed by atoms with Crippen molar-refractivity contribution < 1.29 is 4.42 Å². The highest BCUT2D eigenvalue weighted by atomic mass is 16.3. The first kappa shape index (κ1) is 29.0. The van der Waals surface area contributed by atoms with Gasteiger partial charge in [-0.25, -0.2) is 0 Å². The summed E-state index contributed by atoms with van der Waals surface area (Å²) in [4.78, 5) is 2.49. The van der Waals surface area contributed by atoms with Crippen LogP contribution < -0.4 is 4.90 Å². The third-order valence-electron chi connectivity index (χ3n) is 13.6. The van der Waals surface area contributed by atoms with Crippen LogP contribution in [0.1, 0.15) is 43.2 Å². The Hall–Kier alpha value is -5.60. The minimum atomic E-state index is 0.125. The van der Waals surface area contributed by atoms with Crippen molar-refractivity contribution in [2.45, 2.75) is 37.5 Å². The molecule has 0 amide bonds. The Bertz CT molecular complexity index is 2690. The predicted octanol–water partition coefficient (Wildman–Crippen LogP) is 13.6. The Morgan fingerprint density at radius 2 is 1.10 bits per heavy atom. The molecule has 250 valence electrons. The van der Waals surface area contributed by atoms with Crippen molar-refractivity contribution >= 4 is 49.8 Å². The van der Waals surface area contributed by atoms with Gasteiger partial charge >= 0.3 is 0 Å². The molecule has 1 spiro atoms. The Morgan fingerprint density at radius 1 is 0.462 bits per heavy atom. The highest BCUT2D eigenvalue weighted by Crippen LogP contribution is 2.69. The van der Waals surface area contributed by atoms with Gasteiger partial charge in [-0.1, -0.05) is 109 Å². The quantitative estimate of drug-likeness (QED) is 0.185. The van der Waals surface area contributed by atoms with Crippen LogP contribution in [0.5, 0.6) is 0 Å². The van der Waals surface area contributed by atoms with Crippen LogP contribution in [-0.4, -0.2) is 0 Å². The Balaban J connectivity index is 1.03. The van der Waals surface area contributed by atoms with E-state index in [-0.39, 0.29) is 5.41 Å². The van der Waals surface area contributed by atoms with E-state index < -0.39 is 0 Å². The largest absolute Gasteiger partial charge is 0.455 e. The van der Waals surface area contributed by atoms with Gasteiger partial charge in [-0.05, 0) is 137 Å². The third-order valence-corrected chi connectivity index (χ3v) is 13.6. The van der Waals surface area contributed by atoms with Gasteiger partial charge in [0.25, 0.3) is 0 Å². The zero-order valence-electron chi connectivity index (χ0n) is 29.1. The molecule has 0 saturated heterocycles. The molecule has 4 saturated carbocycles. The molecule has 5 aliphatic rings. The summed E-state index contributed by atoms with van der Waals surface area (Å²) >= 11 is 0. The third kappa shape index (κ3) is 3.96. The molecular weight excluding hydrogens is 631 g/mol. The lowest BCUT2D eigenvalue weighted by Gasteiger charge is -2.61. The minimum absolute atomic E-state index is 0.125. The molecule has 4 fully saturated rings. The maximum Gasteiger partial charge on any atom is 0.143 e. The summed E-state index contributed by atoms with van der Waals surface area (Å²) in [5.74, 6) is 3.31. The molecular formula is C50H39NO. The summed E-state index contributed by atoms with van der Waals surface area (Å²) in [6, 6.07) is 56.5. The topological polar surface area (TPSA) is 16.4 Å². The zero-order chi connectivity index (χ0) is 34.0. The molecule has 0 aliphatic heterocycles. The smallest absolute Gasteiger partial charge is 0.143 e. The molecule has 2 heteroatoms. The molecule has 0 atom stereocenters. The van der Waals surface area contributed by atoms with Crippen molar-refractivity contribution in [3.05, 3.63) is 163 Å². The lowest BCUT2D eigenvalue weighted by atomic mass is 9.43. The van der Waals surface area contributed by atoms with Gasteiger partial charge in [-0.15, -0.1) is 0 Å². The van der Waals surface area contributed by atoms with E-state index in [4.69, 9.17) is 4.42 Å². The zero-order valence-corrected chi connectivity index (χ0v) is 29.1. The van der Waals surface area contributed by atoms with Crippen molar-refractivity contribution in [3.63, 3.8) is 0 Å². The van der Waals surface area contributed by atoms with Gasteiger partial charge in [-0.3, -0.25) is 0 Å².